The summed E-state index contributed by atoms with van der Waals surface area (Å²) in [5.41, 5.74) is 0.953. The molecule has 1 aliphatic heterocycles. The number of ether oxygens (including phenoxy) is 2. The number of benzene rings is 1. The number of fused-ring (bicyclic) bond motifs is 1. The van der Waals surface area contributed by atoms with E-state index < -0.39 is 0 Å². The van der Waals surface area contributed by atoms with Crippen LogP contribution in [0.2, 0.25) is 4.34 Å². The first-order chi connectivity index (χ1) is 9.65. The average Bonchev–Trinajstić information content (AvgIpc) is 2.73. The Balaban J connectivity index is 1.99. The maximum atomic E-state index is 6.56. The summed E-state index contributed by atoms with van der Waals surface area (Å²) in [4.78, 5) is 1.01. The van der Waals surface area contributed by atoms with Gasteiger partial charge in [0.05, 0.1) is 22.9 Å². The Hall–Kier alpha value is -0.420. The molecule has 2 nitrogen and oxygen atoms in total. The van der Waals surface area contributed by atoms with E-state index in [0.717, 1.165) is 37.2 Å². The fraction of sp³-hybridized carbons (Fsp3) is 0.286. The van der Waals surface area contributed by atoms with Gasteiger partial charge in [-0.1, -0.05) is 27.5 Å². The fourth-order valence-electron chi connectivity index (χ4n) is 2.01. The molecular formula is C14H11BrCl2O2S. The number of thiophene rings is 1. The average molecular weight is 394 g/mol. The SMILES string of the molecule is Clc1ccc(C(Cl)c2cc3c(cc2Br)OCCCO3)s1. The van der Waals surface area contributed by atoms with Crippen LogP contribution < -0.4 is 9.47 Å². The molecule has 0 aliphatic carbocycles. The van der Waals surface area contributed by atoms with Gasteiger partial charge in [0.2, 0.25) is 0 Å². The summed E-state index contributed by atoms with van der Waals surface area (Å²) in [6, 6.07) is 7.66. The maximum Gasteiger partial charge on any atom is 0.162 e. The summed E-state index contributed by atoms with van der Waals surface area (Å²) in [5, 5.41) is -0.265. The van der Waals surface area contributed by atoms with E-state index in [4.69, 9.17) is 32.7 Å². The molecule has 0 spiro atoms. The smallest absolute Gasteiger partial charge is 0.162 e. The topological polar surface area (TPSA) is 18.5 Å². The molecule has 0 fully saturated rings. The van der Waals surface area contributed by atoms with E-state index in [-0.39, 0.29) is 5.38 Å². The molecule has 0 amide bonds. The summed E-state index contributed by atoms with van der Waals surface area (Å²) >= 11 is 17.6. The highest BCUT2D eigenvalue weighted by molar-refractivity contribution is 9.10. The van der Waals surface area contributed by atoms with Gasteiger partial charge in [-0.3, -0.25) is 0 Å². The molecule has 0 bridgehead atoms. The minimum absolute atomic E-state index is 0.265. The summed E-state index contributed by atoms with van der Waals surface area (Å²) in [6.07, 6.45) is 0.881. The van der Waals surface area contributed by atoms with E-state index in [0.29, 0.717) is 13.2 Å². The van der Waals surface area contributed by atoms with E-state index in [9.17, 15) is 0 Å². The predicted octanol–water partition coefficient (Wildman–Crippen LogP) is 5.65. The van der Waals surface area contributed by atoms with E-state index in [1.807, 2.05) is 24.3 Å². The molecule has 1 unspecified atom stereocenters. The van der Waals surface area contributed by atoms with Gasteiger partial charge in [-0.25, -0.2) is 0 Å². The summed E-state index contributed by atoms with van der Waals surface area (Å²) < 4.78 is 13.0. The van der Waals surface area contributed by atoms with Crippen LogP contribution in [0.5, 0.6) is 11.5 Å². The lowest BCUT2D eigenvalue weighted by atomic mass is 10.1. The molecule has 1 aromatic heterocycles. The second kappa shape index (κ2) is 6.14. The molecular weight excluding hydrogens is 383 g/mol. The molecule has 6 heteroatoms. The summed E-state index contributed by atoms with van der Waals surface area (Å²) in [7, 11) is 0. The number of alkyl halides is 1. The minimum atomic E-state index is -0.265. The first-order valence-electron chi connectivity index (χ1n) is 6.13. The Morgan fingerprint density at radius 3 is 2.50 bits per heavy atom. The zero-order valence-corrected chi connectivity index (χ0v) is 14.3. The lowest BCUT2D eigenvalue weighted by molar-refractivity contribution is 0.297. The van der Waals surface area contributed by atoms with Gasteiger partial charge in [0.1, 0.15) is 0 Å². The van der Waals surface area contributed by atoms with E-state index in [1.165, 1.54) is 11.3 Å². The van der Waals surface area contributed by atoms with Crippen LogP contribution in [0.1, 0.15) is 22.2 Å². The third-order valence-electron chi connectivity index (χ3n) is 2.98. The summed E-state index contributed by atoms with van der Waals surface area (Å²) in [5.74, 6) is 1.50. The Morgan fingerprint density at radius 1 is 1.15 bits per heavy atom. The predicted molar refractivity (Wildman–Crippen MR) is 86.8 cm³/mol. The first-order valence-corrected chi connectivity index (χ1v) is 8.56. The van der Waals surface area contributed by atoms with Crippen molar-refractivity contribution in [3.05, 3.63) is 43.5 Å². The first kappa shape index (κ1) is 14.5. The van der Waals surface area contributed by atoms with Gasteiger partial charge in [-0.15, -0.1) is 22.9 Å². The quantitative estimate of drug-likeness (QED) is 0.613. The number of rotatable bonds is 2. The Morgan fingerprint density at radius 2 is 1.85 bits per heavy atom. The molecule has 2 heterocycles. The molecule has 0 saturated heterocycles. The Kier molecular flexibility index (Phi) is 4.46. The van der Waals surface area contributed by atoms with Crippen LogP contribution in [0.25, 0.3) is 0 Å². The van der Waals surface area contributed by atoms with Crippen LogP contribution in [-0.2, 0) is 0 Å². The normalized spacial score (nSPS) is 15.8. The number of halogens is 3. The second-order valence-electron chi connectivity index (χ2n) is 4.38. The monoisotopic (exact) mass is 392 g/mol. The maximum absolute atomic E-state index is 6.56. The standard InChI is InChI=1S/C14H11BrCl2O2S/c15-9-7-11-10(18-4-1-5-19-11)6-8(9)14(17)12-2-3-13(16)20-12/h2-3,6-7,14H,1,4-5H2. The molecule has 1 atom stereocenters. The number of hydrogen-bond acceptors (Lipinski definition) is 3. The molecule has 0 N–H and O–H groups in total. The second-order valence-corrected chi connectivity index (χ2v) is 7.41. The Labute approximate surface area is 139 Å². The van der Waals surface area contributed by atoms with Crippen LogP contribution >= 0.6 is 50.5 Å². The van der Waals surface area contributed by atoms with Crippen molar-refractivity contribution in [1.82, 2.24) is 0 Å². The van der Waals surface area contributed by atoms with Crippen molar-refractivity contribution in [3.8, 4) is 11.5 Å². The molecule has 0 saturated carbocycles. The van der Waals surface area contributed by atoms with Crippen LogP contribution in [0, 0.1) is 0 Å². The largest absolute Gasteiger partial charge is 0.490 e. The van der Waals surface area contributed by atoms with Crippen molar-refractivity contribution in [1.29, 1.82) is 0 Å². The van der Waals surface area contributed by atoms with Crippen molar-refractivity contribution in [3.63, 3.8) is 0 Å². The molecule has 2 aromatic rings. The Bertz CT molecular complexity index is 630. The highest BCUT2D eigenvalue weighted by Crippen LogP contribution is 2.43. The van der Waals surface area contributed by atoms with Crippen LogP contribution in [0.15, 0.2) is 28.7 Å². The third-order valence-corrected chi connectivity index (χ3v) is 5.57. The van der Waals surface area contributed by atoms with Gasteiger partial charge in [0.15, 0.2) is 11.5 Å². The van der Waals surface area contributed by atoms with Gasteiger partial charge in [0.25, 0.3) is 0 Å². The van der Waals surface area contributed by atoms with E-state index in [1.54, 1.807) is 0 Å². The zero-order valence-electron chi connectivity index (χ0n) is 10.4. The van der Waals surface area contributed by atoms with Gasteiger partial charge in [-0.05, 0) is 29.8 Å². The van der Waals surface area contributed by atoms with Crippen LogP contribution in [0.4, 0.5) is 0 Å². The fourth-order valence-corrected chi connectivity index (χ4v) is 4.14. The van der Waals surface area contributed by atoms with Crippen molar-refractivity contribution in [2.45, 2.75) is 11.8 Å². The minimum Gasteiger partial charge on any atom is -0.490 e. The third kappa shape index (κ3) is 2.93. The molecule has 20 heavy (non-hydrogen) atoms. The molecule has 1 aliphatic rings. The highest BCUT2D eigenvalue weighted by atomic mass is 79.9. The van der Waals surface area contributed by atoms with Gasteiger partial charge >= 0.3 is 0 Å². The van der Waals surface area contributed by atoms with Crippen molar-refractivity contribution in [2.24, 2.45) is 0 Å². The van der Waals surface area contributed by atoms with Crippen LogP contribution in [-0.4, -0.2) is 13.2 Å². The van der Waals surface area contributed by atoms with Gasteiger partial charge in [-0.2, -0.15) is 0 Å². The molecule has 3 rings (SSSR count). The highest BCUT2D eigenvalue weighted by Gasteiger charge is 2.20. The lowest BCUT2D eigenvalue weighted by Crippen LogP contribution is -1.97. The van der Waals surface area contributed by atoms with Crippen LogP contribution in [0.3, 0.4) is 0 Å². The van der Waals surface area contributed by atoms with Crippen molar-refractivity contribution < 1.29 is 9.47 Å². The van der Waals surface area contributed by atoms with E-state index in [2.05, 4.69) is 15.9 Å². The van der Waals surface area contributed by atoms with Crippen molar-refractivity contribution in [2.75, 3.05) is 13.2 Å². The lowest BCUT2D eigenvalue weighted by Gasteiger charge is -2.14. The van der Waals surface area contributed by atoms with Crippen molar-refractivity contribution >= 4 is 50.5 Å². The van der Waals surface area contributed by atoms with Gasteiger partial charge in [0, 0.05) is 15.8 Å². The zero-order chi connectivity index (χ0) is 14.1. The molecule has 0 radical (unpaired) electrons. The van der Waals surface area contributed by atoms with E-state index >= 15 is 0 Å². The van der Waals surface area contributed by atoms with Gasteiger partial charge < -0.3 is 9.47 Å². The number of hydrogen-bond donors (Lipinski definition) is 0. The summed E-state index contributed by atoms with van der Waals surface area (Å²) in [6.45, 7) is 1.33. The molecule has 1 aromatic carbocycles. The molecule has 106 valence electrons.